The number of piperazine rings is 1. The van der Waals surface area contributed by atoms with Crippen molar-refractivity contribution in [1.82, 2.24) is 25.2 Å². The van der Waals surface area contributed by atoms with Gasteiger partial charge in [-0.05, 0) is 24.5 Å². The molecule has 1 aromatic carbocycles. The Bertz CT molecular complexity index is 1010. The standard InChI is InChI=1S/C24H29N7O2/c32-22(31-21(7-11-27-31)18-4-2-1-3-5-18)19-8-14-30(15-9-19)24-26-10-6-20(28-24)23(33)29-16-12-25-13-17-29/h1-6,10-11,19,21,25H,7-9,12-17H2/t21-/m0/s1. The van der Waals surface area contributed by atoms with E-state index in [0.717, 1.165) is 25.1 Å². The molecule has 3 aliphatic heterocycles. The number of hydrogen-bond acceptors (Lipinski definition) is 7. The topological polar surface area (TPSA) is 94.0 Å². The van der Waals surface area contributed by atoms with Gasteiger partial charge in [0.2, 0.25) is 11.9 Å². The normalized spacial score (nSPS) is 21.5. The van der Waals surface area contributed by atoms with Gasteiger partial charge >= 0.3 is 0 Å². The molecule has 172 valence electrons. The number of amides is 2. The summed E-state index contributed by atoms with van der Waals surface area (Å²) in [6, 6.07) is 11.7. The monoisotopic (exact) mass is 447 g/mol. The van der Waals surface area contributed by atoms with E-state index in [2.05, 4.69) is 25.3 Å². The molecule has 3 aliphatic rings. The van der Waals surface area contributed by atoms with Crippen molar-refractivity contribution in [1.29, 1.82) is 0 Å². The number of hydrazone groups is 1. The summed E-state index contributed by atoms with van der Waals surface area (Å²) in [5, 5.41) is 9.32. The zero-order valence-corrected chi connectivity index (χ0v) is 18.6. The van der Waals surface area contributed by atoms with Crippen LogP contribution in [0.5, 0.6) is 0 Å². The van der Waals surface area contributed by atoms with Gasteiger partial charge < -0.3 is 15.1 Å². The lowest BCUT2D eigenvalue weighted by Crippen LogP contribution is -2.46. The first kappa shape index (κ1) is 21.5. The third-order valence-electron chi connectivity index (χ3n) is 6.63. The van der Waals surface area contributed by atoms with E-state index in [4.69, 9.17) is 0 Å². The van der Waals surface area contributed by atoms with Crippen LogP contribution in [0.4, 0.5) is 5.95 Å². The molecule has 0 unspecified atom stereocenters. The zero-order valence-electron chi connectivity index (χ0n) is 18.6. The third-order valence-corrected chi connectivity index (χ3v) is 6.63. The largest absolute Gasteiger partial charge is 0.341 e. The van der Waals surface area contributed by atoms with Crippen molar-refractivity contribution in [3.05, 3.63) is 53.9 Å². The van der Waals surface area contributed by atoms with Crippen molar-refractivity contribution in [2.45, 2.75) is 25.3 Å². The van der Waals surface area contributed by atoms with Gasteiger partial charge in [-0.2, -0.15) is 5.10 Å². The van der Waals surface area contributed by atoms with E-state index >= 15 is 0 Å². The highest BCUT2D eigenvalue weighted by atomic mass is 16.2. The lowest BCUT2D eigenvalue weighted by atomic mass is 9.94. The molecule has 1 N–H and O–H groups in total. The highest BCUT2D eigenvalue weighted by Crippen LogP contribution is 2.32. The van der Waals surface area contributed by atoms with Crippen LogP contribution in [0.15, 0.2) is 47.7 Å². The van der Waals surface area contributed by atoms with E-state index in [1.165, 1.54) is 0 Å². The summed E-state index contributed by atoms with van der Waals surface area (Å²) in [7, 11) is 0. The molecule has 2 fully saturated rings. The maximum Gasteiger partial charge on any atom is 0.272 e. The number of benzene rings is 1. The number of carbonyl (C=O) groups excluding carboxylic acids is 2. The number of nitrogens with zero attached hydrogens (tertiary/aromatic N) is 6. The Morgan fingerprint density at radius 2 is 1.73 bits per heavy atom. The van der Waals surface area contributed by atoms with Gasteiger partial charge in [0.05, 0.1) is 6.04 Å². The third kappa shape index (κ3) is 4.59. The summed E-state index contributed by atoms with van der Waals surface area (Å²) in [6.45, 7) is 4.34. The Hall–Kier alpha value is -3.33. The van der Waals surface area contributed by atoms with Crippen molar-refractivity contribution >= 4 is 24.0 Å². The second-order valence-corrected chi connectivity index (χ2v) is 8.69. The Balaban J connectivity index is 1.21. The van der Waals surface area contributed by atoms with Crippen LogP contribution in [0, 0.1) is 5.92 Å². The summed E-state index contributed by atoms with van der Waals surface area (Å²) in [5.41, 5.74) is 1.54. The molecule has 9 heteroatoms. The van der Waals surface area contributed by atoms with Gasteiger partial charge in [-0.1, -0.05) is 30.3 Å². The molecule has 5 rings (SSSR count). The van der Waals surface area contributed by atoms with E-state index < -0.39 is 0 Å². The molecule has 0 aliphatic carbocycles. The molecule has 1 aromatic heterocycles. The number of carbonyl (C=O) groups is 2. The second kappa shape index (κ2) is 9.66. The van der Waals surface area contributed by atoms with Gasteiger partial charge in [-0.15, -0.1) is 0 Å². The average Bonchev–Trinajstić information content (AvgIpc) is 3.39. The van der Waals surface area contributed by atoms with Gasteiger partial charge in [0, 0.05) is 64.0 Å². The lowest BCUT2D eigenvalue weighted by Gasteiger charge is -2.34. The molecule has 0 radical (unpaired) electrons. The lowest BCUT2D eigenvalue weighted by molar-refractivity contribution is -0.138. The Morgan fingerprint density at radius 3 is 2.48 bits per heavy atom. The minimum atomic E-state index is -0.0756. The number of nitrogens with one attached hydrogen (secondary N) is 1. The Morgan fingerprint density at radius 1 is 0.970 bits per heavy atom. The van der Waals surface area contributed by atoms with Crippen LogP contribution < -0.4 is 10.2 Å². The molecule has 4 heterocycles. The van der Waals surface area contributed by atoms with Crippen LogP contribution in [0.25, 0.3) is 0 Å². The first-order chi connectivity index (χ1) is 16.2. The summed E-state index contributed by atoms with van der Waals surface area (Å²) in [6.07, 6.45) is 5.66. The molecule has 2 aromatic rings. The average molecular weight is 448 g/mol. The van der Waals surface area contributed by atoms with Crippen molar-refractivity contribution in [3.8, 4) is 0 Å². The quantitative estimate of drug-likeness (QED) is 0.767. The fraction of sp³-hybridized carbons (Fsp3) is 0.458. The van der Waals surface area contributed by atoms with Crippen molar-refractivity contribution < 1.29 is 9.59 Å². The minimum absolute atomic E-state index is 0.0206. The number of piperidine rings is 1. The number of aromatic nitrogens is 2. The molecular weight excluding hydrogens is 418 g/mol. The van der Waals surface area contributed by atoms with E-state index in [1.807, 2.05) is 41.4 Å². The smallest absolute Gasteiger partial charge is 0.272 e. The predicted molar refractivity (Wildman–Crippen MR) is 125 cm³/mol. The van der Waals surface area contributed by atoms with Crippen LogP contribution in [-0.4, -0.2) is 77.2 Å². The number of hydrogen-bond donors (Lipinski definition) is 1. The molecule has 2 amide bonds. The minimum Gasteiger partial charge on any atom is -0.341 e. The Kier molecular flexibility index (Phi) is 6.30. The summed E-state index contributed by atoms with van der Waals surface area (Å²) in [4.78, 5) is 38.9. The molecular formula is C24H29N7O2. The van der Waals surface area contributed by atoms with Gasteiger partial charge in [-0.3, -0.25) is 9.59 Å². The van der Waals surface area contributed by atoms with Gasteiger partial charge in [0.25, 0.3) is 5.91 Å². The molecule has 2 saturated heterocycles. The van der Waals surface area contributed by atoms with E-state index in [0.29, 0.717) is 50.7 Å². The highest BCUT2D eigenvalue weighted by Gasteiger charge is 2.35. The first-order valence-electron chi connectivity index (χ1n) is 11.7. The summed E-state index contributed by atoms with van der Waals surface area (Å²) >= 11 is 0. The first-order valence-corrected chi connectivity index (χ1v) is 11.7. The maximum atomic E-state index is 13.3. The Labute approximate surface area is 193 Å². The van der Waals surface area contributed by atoms with Crippen LogP contribution in [0.2, 0.25) is 0 Å². The van der Waals surface area contributed by atoms with Crippen LogP contribution in [0.3, 0.4) is 0 Å². The van der Waals surface area contributed by atoms with E-state index in [9.17, 15) is 9.59 Å². The molecule has 0 saturated carbocycles. The fourth-order valence-electron chi connectivity index (χ4n) is 4.74. The number of anilines is 1. The molecule has 9 nitrogen and oxygen atoms in total. The van der Waals surface area contributed by atoms with Crippen molar-refractivity contribution in [3.63, 3.8) is 0 Å². The molecule has 0 spiro atoms. The molecule has 0 bridgehead atoms. The summed E-state index contributed by atoms with van der Waals surface area (Å²) < 4.78 is 0. The van der Waals surface area contributed by atoms with E-state index in [-0.39, 0.29) is 23.8 Å². The summed E-state index contributed by atoms with van der Waals surface area (Å²) in [5.74, 6) is 0.515. The molecule has 33 heavy (non-hydrogen) atoms. The molecule has 1 atom stereocenters. The van der Waals surface area contributed by atoms with Gasteiger partial charge in [-0.25, -0.2) is 15.0 Å². The highest BCUT2D eigenvalue weighted by molar-refractivity contribution is 5.92. The van der Waals surface area contributed by atoms with E-state index in [1.54, 1.807) is 17.3 Å². The zero-order chi connectivity index (χ0) is 22.6. The second-order valence-electron chi connectivity index (χ2n) is 8.69. The predicted octanol–water partition coefficient (Wildman–Crippen LogP) is 1.70. The fourth-order valence-corrected chi connectivity index (χ4v) is 4.74. The number of rotatable bonds is 4. The van der Waals surface area contributed by atoms with Gasteiger partial charge in [0.1, 0.15) is 5.69 Å². The van der Waals surface area contributed by atoms with Crippen LogP contribution in [-0.2, 0) is 4.79 Å². The van der Waals surface area contributed by atoms with Crippen molar-refractivity contribution in [2.24, 2.45) is 11.0 Å². The van der Waals surface area contributed by atoms with Crippen molar-refractivity contribution in [2.75, 3.05) is 44.2 Å². The SMILES string of the molecule is O=C(c1ccnc(N2CCC(C(=O)N3N=CC[C@H]3c3ccccc3)CC2)n1)N1CCNCC1. The van der Waals surface area contributed by atoms with Crippen LogP contribution in [0.1, 0.15) is 41.4 Å². The van der Waals surface area contributed by atoms with Gasteiger partial charge in [0.15, 0.2) is 0 Å². The maximum absolute atomic E-state index is 13.3. The van der Waals surface area contributed by atoms with Crippen LogP contribution >= 0.6 is 0 Å².